The van der Waals surface area contributed by atoms with Gasteiger partial charge in [0.05, 0.1) is 19.1 Å². The van der Waals surface area contributed by atoms with Gasteiger partial charge in [-0.15, -0.1) is 0 Å². The van der Waals surface area contributed by atoms with Crippen molar-refractivity contribution in [3.05, 3.63) is 53.3 Å². The number of halogens is 3. The first kappa shape index (κ1) is 23.6. The molecule has 0 aromatic heterocycles. The lowest BCUT2D eigenvalue weighted by Crippen LogP contribution is -2.58. The summed E-state index contributed by atoms with van der Waals surface area (Å²) in [6.45, 7) is 2.22. The highest BCUT2D eigenvalue weighted by Gasteiger charge is 2.39. The molecule has 0 aliphatic carbocycles. The molecule has 178 valence electrons. The number of aryl methyl sites for hydroxylation is 1. The van der Waals surface area contributed by atoms with Crippen molar-refractivity contribution in [2.24, 2.45) is 0 Å². The lowest BCUT2D eigenvalue weighted by molar-refractivity contribution is -0.136. The van der Waals surface area contributed by atoms with Crippen molar-refractivity contribution in [2.45, 2.75) is 50.4 Å². The number of alkyl halides is 2. The smallest absolute Gasteiger partial charge is 0.350 e. The third kappa shape index (κ3) is 4.72. The van der Waals surface area contributed by atoms with Gasteiger partial charge >= 0.3 is 5.76 Å². The summed E-state index contributed by atoms with van der Waals surface area (Å²) in [6.07, 6.45) is 0.711. The van der Waals surface area contributed by atoms with Gasteiger partial charge in [0.1, 0.15) is 11.6 Å². The summed E-state index contributed by atoms with van der Waals surface area (Å²) in [5.74, 6) is -3.90. The first-order valence-corrected chi connectivity index (χ1v) is 12.3. The summed E-state index contributed by atoms with van der Waals surface area (Å²) in [5, 5.41) is 0. The zero-order valence-corrected chi connectivity index (χ0v) is 18.9. The molecule has 6 nitrogen and oxygen atoms in total. The Balaban J connectivity index is 1.80. The molecule has 2 bridgehead atoms. The van der Waals surface area contributed by atoms with Gasteiger partial charge in [0, 0.05) is 23.7 Å². The largest absolute Gasteiger partial charge is 0.492 e. The van der Waals surface area contributed by atoms with Crippen molar-refractivity contribution in [3.8, 4) is 16.9 Å². The predicted octanol–water partition coefficient (Wildman–Crippen LogP) is 3.63. The van der Waals surface area contributed by atoms with E-state index in [1.54, 1.807) is 30.3 Å². The fourth-order valence-corrected chi connectivity index (χ4v) is 5.43. The summed E-state index contributed by atoms with van der Waals surface area (Å²) >= 11 is 0. The molecular weight excluding hydrogens is 457 g/mol. The van der Waals surface area contributed by atoms with Crippen LogP contribution in [0.3, 0.4) is 0 Å². The number of benzene rings is 2. The molecule has 10 heteroatoms. The standard InChI is InChI=1S/C23H25F3N2O4S/c1-14-5-2-8-17-16-7-3-6-15(21(16)24)13-19-18(27-33(30,31)23(25)26)9-4-11-28(19)20(29)10-12-32-22(14)17/h2-3,5-8,18-19,23,27H,4,9-13H2,1H3/t18-,19-/m0/s1. The fraction of sp³-hybridized carbons (Fsp3) is 0.435. The Hall–Kier alpha value is -2.59. The Labute approximate surface area is 190 Å². The Kier molecular flexibility index (Phi) is 6.67. The number of ether oxygens (including phenoxy) is 1. The zero-order valence-electron chi connectivity index (χ0n) is 18.1. The van der Waals surface area contributed by atoms with E-state index in [0.717, 1.165) is 5.56 Å². The molecule has 2 atom stereocenters. The number of sulfonamides is 1. The lowest BCUT2D eigenvalue weighted by atomic mass is 9.89. The molecule has 2 aliphatic rings. The van der Waals surface area contributed by atoms with Gasteiger partial charge in [-0.3, -0.25) is 4.79 Å². The average Bonchev–Trinajstić information content (AvgIpc) is 2.76. The van der Waals surface area contributed by atoms with E-state index >= 15 is 4.39 Å². The molecule has 0 unspecified atom stereocenters. The van der Waals surface area contributed by atoms with Crippen LogP contribution in [0, 0.1) is 12.7 Å². The van der Waals surface area contributed by atoms with E-state index in [1.165, 1.54) is 4.90 Å². The third-order valence-electron chi connectivity index (χ3n) is 6.22. The van der Waals surface area contributed by atoms with Crippen molar-refractivity contribution >= 4 is 15.9 Å². The lowest BCUT2D eigenvalue weighted by Gasteiger charge is -2.42. The number of rotatable bonds is 3. The number of fused-ring (bicyclic) bond motifs is 5. The number of amides is 1. The highest BCUT2D eigenvalue weighted by Crippen LogP contribution is 2.37. The second-order valence-corrected chi connectivity index (χ2v) is 10.0. The van der Waals surface area contributed by atoms with Crippen molar-refractivity contribution in [1.82, 2.24) is 9.62 Å². The number of hydrogen-bond donors (Lipinski definition) is 1. The summed E-state index contributed by atoms with van der Waals surface area (Å²) < 4.78 is 73.5. The summed E-state index contributed by atoms with van der Waals surface area (Å²) in [4.78, 5) is 14.5. The Morgan fingerprint density at radius 2 is 1.88 bits per heavy atom. The summed E-state index contributed by atoms with van der Waals surface area (Å²) in [7, 11) is -4.88. The minimum absolute atomic E-state index is 0.0101. The van der Waals surface area contributed by atoms with E-state index in [-0.39, 0.29) is 37.3 Å². The van der Waals surface area contributed by atoms with Crippen LogP contribution in [0.25, 0.3) is 11.1 Å². The van der Waals surface area contributed by atoms with Crippen molar-refractivity contribution in [1.29, 1.82) is 0 Å². The highest BCUT2D eigenvalue weighted by atomic mass is 32.2. The van der Waals surface area contributed by atoms with Gasteiger partial charge in [-0.25, -0.2) is 17.5 Å². The third-order valence-corrected chi connectivity index (χ3v) is 7.32. The van der Waals surface area contributed by atoms with Crippen molar-refractivity contribution in [3.63, 3.8) is 0 Å². The van der Waals surface area contributed by atoms with Gasteiger partial charge in [0.2, 0.25) is 5.91 Å². The van der Waals surface area contributed by atoms with Crippen molar-refractivity contribution in [2.75, 3.05) is 13.2 Å². The van der Waals surface area contributed by atoms with E-state index < -0.39 is 33.7 Å². The van der Waals surface area contributed by atoms with Crippen LogP contribution in [0.2, 0.25) is 0 Å². The van der Waals surface area contributed by atoms with Crippen LogP contribution in [-0.2, 0) is 21.2 Å². The minimum atomic E-state index is -4.88. The molecule has 0 saturated carbocycles. The second kappa shape index (κ2) is 9.34. The summed E-state index contributed by atoms with van der Waals surface area (Å²) in [5.41, 5.74) is 1.95. The molecule has 0 radical (unpaired) electrons. The molecular formula is C23H25F3N2O4S. The molecule has 0 spiro atoms. The molecule has 1 N–H and O–H groups in total. The zero-order chi connectivity index (χ0) is 23.8. The van der Waals surface area contributed by atoms with Crippen molar-refractivity contribution < 1.29 is 31.1 Å². The molecule has 4 rings (SSSR count). The van der Waals surface area contributed by atoms with Gasteiger partial charge in [0.25, 0.3) is 10.0 Å². The first-order valence-electron chi connectivity index (χ1n) is 10.8. The van der Waals surface area contributed by atoms with E-state index in [9.17, 15) is 22.0 Å². The Morgan fingerprint density at radius 1 is 1.15 bits per heavy atom. The van der Waals surface area contributed by atoms with E-state index in [1.807, 2.05) is 13.0 Å². The monoisotopic (exact) mass is 482 g/mol. The predicted molar refractivity (Wildman–Crippen MR) is 117 cm³/mol. The van der Waals surface area contributed by atoms with Crippen LogP contribution >= 0.6 is 0 Å². The molecule has 2 aromatic rings. The van der Waals surface area contributed by atoms with E-state index in [4.69, 9.17) is 4.74 Å². The number of nitrogens with one attached hydrogen (secondary N) is 1. The molecule has 1 saturated heterocycles. The normalized spacial score (nSPS) is 21.5. The number of piperidine rings is 1. The van der Waals surface area contributed by atoms with Gasteiger partial charge < -0.3 is 9.64 Å². The van der Waals surface area contributed by atoms with Gasteiger partial charge in [-0.1, -0.05) is 36.4 Å². The number of carbonyl (C=O) groups is 1. The van der Waals surface area contributed by atoms with Crippen LogP contribution < -0.4 is 9.46 Å². The van der Waals surface area contributed by atoms with Crippen LogP contribution in [0.1, 0.15) is 30.4 Å². The van der Waals surface area contributed by atoms with E-state index in [0.29, 0.717) is 29.8 Å². The average molecular weight is 483 g/mol. The number of carbonyl (C=O) groups excluding carboxylic acids is 1. The van der Waals surface area contributed by atoms with E-state index in [2.05, 4.69) is 4.72 Å². The minimum Gasteiger partial charge on any atom is -0.492 e. The maximum absolute atomic E-state index is 15.7. The van der Waals surface area contributed by atoms with Crippen LogP contribution in [0.15, 0.2) is 36.4 Å². The second-order valence-electron chi connectivity index (χ2n) is 8.36. The molecule has 33 heavy (non-hydrogen) atoms. The van der Waals surface area contributed by atoms with Crippen LogP contribution in [0.5, 0.6) is 5.75 Å². The quantitative estimate of drug-likeness (QED) is 0.725. The van der Waals surface area contributed by atoms with Crippen LogP contribution in [-0.4, -0.2) is 50.2 Å². The fourth-order valence-electron chi connectivity index (χ4n) is 4.63. The maximum Gasteiger partial charge on any atom is 0.350 e. The Bertz CT molecular complexity index is 1160. The van der Waals surface area contributed by atoms with Crippen LogP contribution in [0.4, 0.5) is 13.2 Å². The molecule has 1 amide bonds. The number of hydrogen-bond acceptors (Lipinski definition) is 4. The molecule has 1 fully saturated rings. The van der Waals surface area contributed by atoms with Gasteiger partial charge in [-0.05, 0) is 37.3 Å². The molecule has 2 aliphatic heterocycles. The molecule has 2 heterocycles. The van der Waals surface area contributed by atoms with Gasteiger partial charge in [0.15, 0.2) is 0 Å². The Morgan fingerprint density at radius 3 is 2.64 bits per heavy atom. The number of para-hydroxylation sites is 1. The maximum atomic E-state index is 15.7. The SMILES string of the molecule is Cc1cccc2c1OCCC(=O)N1CCC[C@H](NS(=O)(=O)C(F)F)[C@@H]1Cc1cccc-2c1F. The van der Waals surface area contributed by atoms with Gasteiger partial charge in [-0.2, -0.15) is 8.78 Å². The molecule has 2 aromatic carbocycles. The topological polar surface area (TPSA) is 75.7 Å². The highest BCUT2D eigenvalue weighted by molar-refractivity contribution is 7.89. The summed E-state index contributed by atoms with van der Waals surface area (Å²) in [6, 6.07) is 8.49. The first-order chi connectivity index (χ1) is 15.7. The number of nitrogens with zero attached hydrogens (tertiary/aromatic N) is 1.